The minimum absolute atomic E-state index is 0.852. The van der Waals surface area contributed by atoms with E-state index < -0.39 is 0 Å². The Kier molecular flexibility index (Phi) is 6.82. The number of furan rings is 2. The van der Waals surface area contributed by atoms with Crippen molar-refractivity contribution in [1.29, 1.82) is 0 Å². The molecule has 8 aromatic carbocycles. The minimum atomic E-state index is 0.852. The summed E-state index contributed by atoms with van der Waals surface area (Å²) in [7, 11) is 0. The predicted octanol–water partition coefficient (Wildman–Crippen LogP) is 14.2. The summed E-state index contributed by atoms with van der Waals surface area (Å²) in [6, 6.07) is 68.2. The number of para-hydroxylation sites is 4. The van der Waals surface area contributed by atoms with E-state index in [1.807, 2.05) is 18.2 Å². The Morgan fingerprint density at radius 2 is 1.07 bits per heavy atom. The molecule has 3 heterocycles. The molecule has 0 saturated heterocycles. The summed E-state index contributed by atoms with van der Waals surface area (Å²) in [4.78, 5) is 2.31. The maximum Gasteiger partial charge on any atom is 0.213 e. The molecule has 0 spiro atoms. The van der Waals surface area contributed by atoms with Gasteiger partial charge >= 0.3 is 0 Å². The van der Waals surface area contributed by atoms with Crippen LogP contribution in [0.2, 0.25) is 0 Å². The van der Waals surface area contributed by atoms with E-state index in [1.54, 1.807) is 0 Å². The lowest BCUT2D eigenvalue weighted by molar-refractivity contribution is 0.645. The summed E-state index contributed by atoms with van der Waals surface area (Å²) in [5, 5.41) is 5.61. The second-order valence-corrected chi connectivity index (χ2v) is 13.7. The molecule has 0 fully saturated rings. The van der Waals surface area contributed by atoms with Crippen LogP contribution in [0.25, 0.3) is 82.9 Å². The first kappa shape index (κ1) is 30.3. The highest BCUT2D eigenvalue weighted by Gasteiger charge is 2.23. The van der Waals surface area contributed by atoms with Gasteiger partial charge in [0.05, 0.1) is 16.6 Å². The molecular weight excluding hydrogens is 661 g/mol. The lowest BCUT2D eigenvalue weighted by Crippen LogP contribution is -2.10. The molecule has 4 nitrogen and oxygen atoms in total. The zero-order chi connectivity index (χ0) is 35.6. The summed E-state index contributed by atoms with van der Waals surface area (Å²) in [6.45, 7) is 0. The van der Waals surface area contributed by atoms with Crippen molar-refractivity contribution in [3.05, 3.63) is 194 Å². The second kappa shape index (κ2) is 12.1. The predicted molar refractivity (Wildman–Crippen MR) is 223 cm³/mol. The van der Waals surface area contributed by atoms with Crippen LogP contribution in [0, 0.1) is 0 Å². The van der Waals surface area contributed by atoms with Crippen molar-refractivity contribution in [2.75, 3.05) is 4.90 Å². The largest absolute Gasteiger partial charge is 0.454 e. The van der Waals surface area contributed by atoms with E-state index in [-0.39, 0.29) is 0 Å². The molecule has 11 rings (SSSR count). The zero-order valence-electron chi connectivity index (χ0n) is 29.2. The quantitative estimate of drug-likeness (QED) is 0.174. The highest BCUT2D eigenvalue weighted by Crippen LogP contribution is 2.46. The van der Waals surface area contributed by atoms with Gasteiger partial charge in [-0.1, -0.05) is 133 Å². The summed E-state index contributed by atoms with van der Waals surface area (Å²) in [5.41, 5.74) is 13.3. The van der Waals surface area contributed by atoms with Crippen molar-refractivity contribution < 1.29 is 8.83 Å². The maximum absolute atomic E-state index is 6.72. The van der Waals surface area contributed by atoms with Crippen molar-refractivity contribution >= 4 is 72.0 Å². The van der Waals surface area contributed by atoms with Crippen LogP contribution in [0.15, 0.2) is 203 Å². The molecule has 11 aromatic rings. The van der Waals surface area contributed by atoms with Crippen LogP contribution in [0.3, 0.4) is 0 Å². The van der Waals surface area contributed by atoms with Crippen LogP contribution in [0.5, 0.6) is 0 Å². The molecule has 0 atom stereocenters. The average molecular weight is 693 g/mol. The first-order chi connectivity index (χ1) is 26.8. The molecule has 0 aliphatic rings. The van der Waals surface area contributed by atoms with Gasteiger partial charge in [0.15, 0.2) is 5.58 Å². The summed E-state index contributed by atoms with van der Waals surface area (Å²) in [5.74, 6) is 0. The number of aromatic nitrogens is 1. The fourth-order valence-electron chi connectivity index (χ4n) is 8.19. The van der Waals surface area contributed by atoms with E-state index >= 15 is 0 Å². The molecule has 0 amide bonds. The highest BCUT2D eigenvalue weighted by atomic mass is 16.3. The van der Waals surface area contributed by atoms with Gasteiger partial charge < -0.3 is 13.7 Å². The van der Waals surface area contributed by atoms with Gasteiger partial charge in [-0.2, -0.15) is 0 Å². The number of hydrogen-bond donors (Lipinski definition) is 0. The zero-order valence-corrected chi connectivity index (χ0v) is 29.2. The molecule has 0 bridgehead atoms. The van der Waals surface area contributed by atoms with Crippen molar-refractivity contribution in [3.8, 4) is 27.9 Å². The van der Waals surface area contributed by atoms with Gasteiger partial charge in [0, 0.05) is 38.6 Å². The number of nitrogens with zero attached hydrogens (tertiary/aromatic N) is 2. The van der Waals surface area contributed by atoms with Crippen LogP contribution in [-0.2, 0) is 0 Å². The minimum Gasteiger partial charge on any atom is -0.454 e. The standard InChI is InChI=1S/C50H32N2O2/c1-3-14-33(15-4-1)35-16-11-19-38(32-35)51(44-25-12-23-41-40-20-8-10-26-45(40)53-49(41)44)37-30-28-34(29-31-37)39-22-13-27-46-47(39)48-42-21-7-9-24-43(42)52(50(48)54-46)36-17-5-2-6-18-36/h1-32H. The normalized spacial score (nSPS) is 11.7. The number of anilines is 3. The number of hydrogen-bond acceptors (Lipinski definition) is 3. The van der Waals surface area contributed by atoms with Gasteiger partial charge in [0.2, 0.25) is 5.71 Å². The average Bonchev–Trinajstić information content (AvgIpc) is 3.91. The Morgan fingerprint density at radius 3 is 1.93 bits per heavy atom. The fourth-order valence-corrected chi connectivity index (χ4v) is 8.19. The topological polar surface area (TPSA) is 34.5 Å². The molecule has 0 saturated carbocycles. The van der Waals surface area contributed by atoms with E-state index in [4.69, 9.17) is 8.83 Å². The van der Waals surface area contributed by atoms with Crippen molar-refractivity contribution in [2.45, 2.75) is 0 Å². The smallest absolute Gasteiger partial charge is 0.213 e. The summed E-state index contributed by atoms with van der Waals surface area (Å²) < 4.78 is 15.6. The Morgan fingerprint density at radius 1 is 0.407 bits per heavy atom. The molecule has 0 aliphatic heterocycles. The number of rotatable bonds is 6. The Balaban J connectivity index is 1.10. The first-order valence-corrected chi connectivity index (χ1v) is 18.3. The Hall–Kier alpha value is -7.30. The summed E-state index contributed by atoms with van der Waals surface area (Å²) in [6.07, 6.45) is 0. The lowest BCUT2D eigenvalue weighted by Gasteiger charge is -2.26. The molecule has 0 radical (unpaired) electrons. The fraction of sp³-hybridized carbons (Fsp3) is 0. The van der Waals surface area contributed by atoms with Crippen molar-refractivity contribution in [1.82, 2.24) is 4.57 Å². The monoisotopic (exact) mass is 692 g/mol. The van der Waals surface area contributed by atoms with Crippen LogP contribution >= 0.6 is 0 Å². The molecule has 4 heteroatoms. The Bertz CT molecular complexity index is 3150. The van der Waals surface area contributed by atoms with Crippen LogP contribution < -0.4 is 4.90 Å². The molecule has 254 valence electrons. The van der Waals surface area contributed by atoms with Gasteiger partial charge in [-0.05, 0) is 82.9 Å². The third-order valence-corrected chi connectivity index (χ3v) is 10.6. The molecule has 54 heavy (non-hydrogen) atoms. The second-order valence-electron chi connectivity index (χ2n) is 13.7. The molecule has 0 N–H and O–H groups in total. The Labute approximate surface area is 311 Å². The molecule has 0 aliphatic carbocycles. The van der Waals surface area contributed by atoms with Crippen molar-refractivity contribution in [2.24, 2.45) is 0 Å². The van der Waals surface area contributed by atoms with E-state index in [1.165, 1.54) is 10.9 Å². The van der Waals surface area contributed by atoms with E-state index in [9.17, 15) is 0 Å². The van der Waals surface area contributed by atoms with Crippen molar-refractivity contribution in [3.63, 3.8) is 0 Å². The van der Waals surface area contributed by atoms with Crippen LogP contribution in [0.1, 0.15) is 0 Å². The third-order valence-electron chi connectivity index (χ3n) is 10.6. The highest BCUT2D eigenvalue weighted by molar-refractivity contribution is 6.23. The van der Waals surface area contributed by atoms with Gasteiger partial charge in [-0.15, -0.1) is 0 Å². The molecule has 0 unspecified atom stereocenters. The maximum atomic E-state index is 6.72. The van der Waals surface area contributed by atoms with Gasteiger partial charge in [0.1, 0.15) is 11.2 Å². The molecule has 3 aromatic heterocycles. The first-order valence-electron chi connectivity index (χ1n) is 18.3. The third kappa shape index (κ3) is 4.70. The number of benzene rings is 8. The van der Waals surface area contributed by atoms with E-state index in [0.717, 1.165) is 89.0 Å². The van der Waals surface area contributed by atoms with Gasteiger partial charge in [-0.3, -0.25) is 4.57 Å². The lowest BCUT2D eigenvalue weighted by atomic mass is 9.98. The van der Waals surface area contributed by atoms with E-state index in [0.29, 0.717) is 0 Å². The van der Waals surface area contributed by atoms with Gasteiger partial charge in [-0.25, -0.2) is 0 Å². The van der Waals surface area contributed by atoms with Gasteiger partial charge in [0.25, 0.3) is 0 Å². The van der Waals surface area contributed by atoms with Crippen LogP contribution in [0.4, 0.5) is 17.1 Å². The summed E-state index contributed by atoms with van der Waals surface area (Å²) >= 11 is 0. The van der Waals surface area contributed by atoms with E-state index in [2.05, 4.69) is 185 Å². The van der Waals surface area contributed by atoms with Crippen LogP contribution in [-0.4, -0.2) is 4.57 Å². The molecular formula is C50H32N2O2. The number of fused-ring (bicyclic) bond motifs is 8. The SMILES string of the molecule is c1ccc(-c2cccc(N(c3ccc(-c4cccc5oc6c(c7ccccc7n6-c6ccccc6)c45)cc3)c3cccc4c3oc3ccccc34)c2)cc1.